The maximum atomic E-state index is 11.6. The molecule has 2 heterocycles. The first-order valence-electron chi connectivity index (χ1n) is 12.1. The van der Waals surface area contributed by atoms with E-state index in [0.717, 1.165) is 0 Å². The third-order valence-corrected chi connectivity index (χ3v) is 9.68. The number of thioether (sulfide) groups is 2. The highest BCUT2D eigenvalue weighted by Crippen LogP contribution is 2.54. The van der Waals surface area contributed by atoms with E-state index in [4.69, 9.17) is 9.47 Å². The number of rotatable bonds is 6. The average Bonchev–Trinajstić information content (AvgIpc) is 2.93. The van der Waals surface area contributed by atoms with Crippen LogP contribution in [0.15, 0.2) is 42.5 Å². The maximum absolute atomic E-state index is 11.6. The highest BCUT2D eigenvalue weighted by molar-refractivity contribution is 8.09. The molecule has 10 N–H and O–H groups in total. The van der Waals surface area contributed by atoms with Crippen molar-refractivity contribution in [3.63, 3.8) is 0 Å². The van der Waals surface area contributed by atoms with Gasteiger partial charge in [-0.3, -0.25) is 0 Å². The van der Waals surface area contributed by atoms with E-state index < -0.39 is 76.3 Å². The molecule has 2 fully saturated rings. The van der Waals surface area contributed by atoms with Crippen molar-refractivity contribution in [3.05, 3.63) is 53.6 Å². The minimum absolute atomic E-state index is 0.144. The Kier molecular flexibility index (Phi) is 7.90. The second-order valence-electron chi connectivity index (χ2n) is 9.79. The molecule has 0 amide bonds. The summed E-state index contributed by atoms with van der Waals surface area (Å²) in [5, 5.41) is 97.9. The average molecular weight is 615 g/mol. The van der Waals surface area contributed by atoms with Gasteiger partial charge in [-0.1, -0.05) is 66.0 Å². The maximum Gasteiger partial charge on any atom is 0.335 e. The molecule has 2 aromatic rings. The van der Waals surface area contributed by atoms with E-state index in [2.05, 4.69) is 0 Å². The molecule has 16 heteroatoms. The fourth-order valence-electron chi connectivity index (χ4n) is 5.04. The third kappa shape index (κ3) is 5.03. The summed E-state index contributed by atoms with van der Waals surface area (Å²) in [6, 6.07) is 10.2. The van der Waals surface area contributed by atoms with Crippen LogP contribution in [-0.4, -0.2) is 122 Å². The number of carbonyl (C=O) groups is 2. The molecule has 2 aliphatic heterocycles. The second-order valence-corrected chi connectivity index (χ2v) is 12.3. The van der Waals surface area contributed by atoms with Gasteiger partial charge in [0.15, 0.2) is 12.2 Å². The normalized spacial score (nSPS) is 40.7. The predicted molar refractivity (Wildman–Crippen MR) is 141 cm³/mol. The molecule has 0 bridgehead atoms. The van der Waals surface area contributed by atoms with Crippen LogP contribution in [0.2, 0.25) is 0 Å². The fraction of sp³-hybridized carbons (Fsp3) is 0.440. The molecule has 222 valence electrons. The van der Waals surface area contributed by atoms with Gasteiger partial charge in [-0.2, -0.15) is 0 Å². The molecule has 5 rings (SSSR count). The van der Waals surface area contributed by atoms with Crippen LogP contribution in [0.3, 0.4) is 0 Å². The van der Waals surface area contributed by atoms with Gasteiger partial charge >= 0.3 is 11.9 Å². The quantitative estimate of drug-likeness (QED) is 0.160. The highest BCUT2D eigenvalue weighted by atomic mass is 32.2. The summed E-state index contributed by atoms with van der Waals surface area (Å²) in [6.45, 7) is 0. The molecule has 1 unspecified atom stereocenters. The first kappa shape index (κ1) is 30.1. The van der Waals surface area contributed by atoms with E-state index in [1.54, 1.807) is 36.4 Å². The van der Waals surface area contributed by atoms with Crippen molar-refractivity contribution >= 4 is 51.1 Å². The summed E-state index contributed by atoms with van der Waals surface area (Å²) >= 11 is 0.894. The Bertz CT molecular complexity index is 1400. The summed E-state index contributed by atoms with van der Waals surface area (Å²) in [4.78, 5) is 23.4. The van der Waals surface area contributed by atoms with E-state index in [0.29, 0.717) is 45.4 Å². The minimum Gasteiger partial charge on any atom is -0.479 e. The number of hydrogen-bond donors (Lipinski definition) is 10. The van der Waals surface area contributed by atoms with Crippen LogP contribution in [0.25, 0.3) is 15.7 Å². The Morgan fingerprint density at radius 2 is 1.24 bits per heavy atom. The molecule has 14 nitrogen and oxygen atoms in total. The Balaban J connectivity index is 1.57. The van der Waals surface area contributed by atoms with E-state index in [1.165, 1.54) is 6.08 Å². The van der Waals surface area contributed by atoms with Crippen molar-refractivity contribution in [2.45, 2.75) is 64.3 Å². The lowest BCUT2D eigenvalue weighted by atomic mass is 9.92. The van der Waals surface area contributed by atoms with Crippen LogP contribution in [0.1, 0.15) is 16.4 Å². The molecule has 2 aromatic carbocycles. The zero-order valence-corrected chi connectivity index (χ0v) is 22.3. The highest BCUT2D eigenvalue weighted by Gasteiger charge is 2.58. The van der Waals surface area contributed by atoms with Crippen molar-refractivity contribution < 1.29 is 70.1 Å². The number of hydrogen-bond acceptors (Lipinski definition) is 14. The number of aliphatic carboxylic acids is 2. The Morgan fingerprint density at radius 1 is 0.732 bits per heavy atom. The number of carboxylic acids is 2. The number of carboxylic acid groups (broad SMARTS) is 2. The lowest BCUT2D eigenvalue weighted by Gasteiger charge is -2.45. The van der Waals surface area contributed by atoms with Crippen molar-refractivity contribution in [1.82, 2.24) is 0 Å². The monoisotopic (exact) mass is 614 g/mol. The van der Waals surface area contributed by atoms with Gasteiger partial charge in [-0.05, 0) is 21.9 Å². The van der Waals surface area contributed by atoms with Gasteiger partial charge in [-0.15, -0.1) is 0 Å². The molecule has 11 atom stereocenters. The zero-order chi connectivity index (χ0) is 30.0. The summed E-state index contributed by atoms with van der Waals surface area (Å²) in [7, 11) is 0. The Labute approximate surface area is 239 Å². The summed E-state index contributed by atoms with van der Waals surface area (Å²) < 4.78 is 10.4. The molecule has 3 aliphatic rings. The van der Waals surface area contributed by atoms with Crippen LogP contribution < -0.4 is 0 Å². The lowest BCUT2D eigenvalue weighted by molar-refractivity contribution is -0.298. The standard InChI is InChI=1S/C25H26O14S2/c26-14-16(28)20(30)24(36,38-18(14)22(32)33)40-11-7-12(10-6-2-4-8-3-1-5-9(11)13(8)10)41-25(37)21(31)17(29)15(27)19(39-25)23(34)35/h1-7,11,14-21,26-31,36-37H,(H,32,33)(H,34,35)/t11?,14-,15-,16-,17-,18-,19-,20+,21+,24-,25-/m0/s1. The van der Waals surface area contributed by atoms with Crippen molar-refractivity contribution in [3.8, 4) is 0 Å². The molecule has 1 aliphatic carbocycles. The largest absolute Gasteiger partial charge is 0.479 e. The van der Waals surface area contributed by atoms with Crippen LogP contribution in [0, 0.1) is 0 Å². The van der Waals surface area contributed by atoms with Gasteiger partial charge in [0.05, 0.1) is 5.25 Å². The number of benzene rings is 2. The van der Waals surface area contributed by atoms with Crippen molar-refractivity contribution in [1.29, 1.82) is 0 Å². The zero-order valence-electron chi connectivity index (χ0n) is 20.7. The van der Waals surface area contributed by atoms with E-state index in [1.807, 2.05) is 0 Å². The van der Waals surface area contributed by atoms with Crippen LogP contribution in [0.4, 0.5) is 0 Å². The molecule has 41 heavy (non-hydrogen) atoms. The molecule has 0 radical (unpaired) electrons. The topological polar surface area (TPSA) is 255 Å². The van der Waals surface area contributed by atoms with E-state index >= 15 is 0 Å². The number of aliphatic hydroxyl groups is 8. The van der Waals surface area contributed by atoms with E-state index in [9.17, 15) is 60.7 Å². The molecule has 0 saturated carbocycles. The minimum atomic E-state index is -2.79. The summed E-state index contributed by atoms with van der Waals surface area (Å²) in [5.74, 6) is -3.41. The molecular weight excluding hydrogens is 588 g/mol. The molecule has 2 saturated heterocycles. The van der Waals surface area contributed by atoms with Crippen LogP contribution in [-0.2, 0) is 19.1 Å². The second kappa shape index (κ2) is 10.7. The fourth-order valence-corrected chi connectivity index (χ4v) is 7.66. The SMILES string of the molecule is O=C(O)[C@H]1O[C@](O)(SC2=CC(S[C@@]3(O)O[C@H](C(=O)O)[C@@H](O)[C@H](O)[C@H]3O)c3cccc4cccc2c34)[C@H](O)[C@@H](O)[C@@H]1O. The third-order valence-electron chi connectivity index (χ3n) is 7.16. The van der Waals surface area contributed by atoms with Gasteiger partial charge in [0.2, 0.25) is 5.12 Å². The van der Waals surface area contributed by atoms with Crippen LogP contribution in [0.5, 0.6) is 0 Å². The van der Waals surface area contributed by atoms with Gasteiger partial charge < -0.3 is 60.5 Å². The summed E-state index contributed by atoms with van der Waals surface area (Å²) in [5.41, 5.74) is 0.993. The van der Waals surface area contributed by atoms with Gasteiger partial charge in [0, 0.05) is 4.91 Å². The molecule has 0 aromatic heterocycles. The molecule has 0 spiro atoms. The van der Waals surface area contributed by atoms with Crippen molar-refractivity contribution in [2.75, 3.05) is 0 Å². The van der Waals surface area contributed by atoms with Crippen molar-refractivity contribution in [2.24, 2.45) is 0 Å². The lowest BCUT2D eigenvalue weighted by Crippen LogP contribution is -2.65. The Morgan fingerprint density at radius 3 is 1.80 bits per heavy atom. The summed E-state index contributed by atoms with van der Waals surface area (Å²) in [6.07, 6.45) is -15.4. The smallest absolute Gasteiger partial charge is 0.335 e. The van der Waals surface area contributed by atoms with Gasteiger partial charge in [0.1, 0.15) is 36.6 Å². The van der Waals surface area contributed by atoms with E-state index in [-0.39, 0.29) is 4.91 Å². The first-order valence-corrected chi connectivity index (χ1v) is 13.8. The molecular formula is C25H26O14S2. The van der Waals surface area contributed by atoms with Gasteiger partial charge in [-0.25, -0.2) is 9.59 Å². The predicted octanol–water partition coefficient (Wildman–Crippen LogP) is -1.87. The number of ether oxygens (including phenoxy) is 2. The van der Waals surface area contributed by atoms with Gasteiger partial charge in [0.25, 0.3) is 5.12 Å². The first-order chi connectivity index (χ1) is 19.2. The van der Waals surface area contributed by atoms with Crippen LogP contribution >= 0.6 is 23.5 Å². The number of aliphatic hydroxyl groups excluding tert-OH is 6. The Hall–Kier alpha value is -2.32.